The van der Waals surface area contributed by atoms with Crippen molar-refractivity contribution in [1.29, 1.82) is 0 Å². The lowest BCUT2D eigenvalue weighted by Crippen LogP contribution is -1.98. The molecule has 1 N–H and O–H groups in total. The van der Waals surface area contributed by atoms with Gasteiger partial charge in [0.1, 0.15) is 0 Å². The lowest BCUT2D eigenvalue weighted by molar-refractivity contribution is 1.19. The van der Waals surface area contributed by atoms with E-state index in [1.54, 1.807) is 0 Å². The first-order valence-electron chi connectivity index (χ1n) is 5.05. The minimum atomic E-state index is 0.990. The third-order valence-electron chi connectivity index (χ3n) is 1.76. The van der Waals surface area contributed by atoms with E-state index in [0.717, 1.165) is 6.54 Å². The second-order valence-corrected chi connectivity index (χ2v) is 2.85. The van der Waals surface area contributed by atoms with Crippen molar-refractivity contribution in [3.63, 3.8) is 0 Å². The molecule has 0 spiro atoms. The van der Waals surface area contributed by atoms with Gasteiger partial charge in [-0.3, -0.25) is 0 Å². The fraction of sp³-hybridized carbons (Fsp3) is 0.500. The van der Waals surface area contributed by atoms with Crippen LogP contribution in [-0.2, 0) is 0 Å². The maximum Gasteiger partial charge on any atom is 0.0372 e. The maximum atomic E-state index is 3.32. The zero-order valence-corrected chi connectivity index (χ0v) is 9.44. The highest BCUT2D eigenvalue weighted by Gasteiger charge is 1.94. The Morgan fingerprint density at radius 3 is 2.31 bits per heavy atom. The van der Waals surface area contributed by atoms with Crippen molar-refractivity contribution in [1.82, 2.24) is 0 Å². The molecule has 0 atom stereocenters. The average Bonchev–Trinajstić information content (AvgIpc) is 2.15. The smallest absolute Gasteiger partial charge is 0.0372 e. The van der Waals surface area contributed by atoms with Gasteiger partial charge >= 0.3 is 0 Å². The monoisotopic (exact) mass is 179 g/mol. The van der Waals surface area contributed by atoms with Gasteiger partial charge in [-0.05, 0) is 38.0 Å². The van der Waals surface area contributed by atoms with Crippen LogP contribution in [0.1, 0.15) is 31.9 Å². The van der Waals surface area contributed by atoms with Crippen LogP contribution < -0.4 is 5.32 Å². The molecule has 74 valence electrons. The van der Waals surface area contributed by atoms with Crippen LogP contribution in [0.5, 0.6) is 0 Å². The average molecular weight is 179 g/mol. The van der Waals surface area contributed by atoms with Crippen LogP contribution in [0.15, 0.2) is 18.2 Å². The number of hydrogen-bond acceptors (Lipinski definition) is 1. The van der Waals surface area contributed by atoms with Crippen LogP contribution in [0.4, 0.5) is 5.69 Å². The van der Waals surface area contributed by atoms with Crippen LogP contribution in [-0.4, -0.2) is 6.54 Å². The number of nitrogens with one attached hydrogen (secondary N) is 1. The molecule has 0 unspecified atom stereocenters. The predicted octanol–water partition coefficient (Wildman–Crippen LogP) is 3.76. The Balaban J connectivity index is 0.000000671. The summed E-state index contributed by atoms with van der Waals surface area (Å²) in [4.78, 5) is 0. The van der Waals surface area contributed by atoms with Crippen molar-refractivity contribution in [2.45, 2.75) is 34.6 Å². The minimum Gasteiger partial charge on any atom is -0.385 e. The molecular weight excluding hydrogens is 158 g/mol. The number of aryl methyl sites for hydroxylation is 2. The predicted molar refractivity (Wildman–Crippen MR) is 61.4 cm³/mol. The van der Waals surface area contributed by atoms with Gasteiger partial charge in [0.25, 0.3) is 0 Å². The van der Waals surface area contributed by atoms with Crippen molar-refractivity contribution < 1.29 is 0 Å². The van der Waals surface area contributed by atoms with Crippen molar-refractivity contribution in [2.75, 3.05) is 11.9 Å². The molecule has 0 amide bonds. The largest absolute Gasteiger partial charge is 0.385 e. The summed E-state index contributed by atoms with van der Waals surface area (Å²) < 4.78 is 0. The molecule has 1 heteroatoms. The fourth-order valence-corrected chi connectivity index (χ4v) is 1.12. The molecule has 0 aliphatic heterocycles. The molecule has 0 aliphatic carbocycles. The summed E-state index contributed by atoms with van der Waals surface area (Å²) >= 11 is 0. The van der Waals surface area contributed by atoms with Gasteiger partial charge in [0.2, 0.25) is 0 Å². The Hall–Kier alpha value is -0.980. The van der Waals surface area contributed by atoms with E-state index in [0.29, 0.717) is 0 Å². The van der Waals surface area contributed by atoms with Gasteiger partial charge in [-0.2, -0.15) is 0 Å². The highest BCUT2D eigenvalue weighted by molar-refractivity contribution is 5.52. The molecule has 0 radical (unpaired) electrons. The van der Waals surface area contributed by atoms with Gasteiger partial charge in [0.05, 0.1) is 0 Å². The molecule has 0 saturated carbocycles. The zero-order valence-electron chi connectivity index (χ0n) is 9.44. The SMILES string of the molecule is CC.CCNc1cc(C)ccc1C. The van der Waals surface area contributed by atoms with E-state index in [-0.39, 0.29) is 0 Å². The molecule has 1 rings (SSSR count). The number of anilines is 1. The van der Waals surface area contributed by atoms with E-state index in [9.17, 15) is 0 Å². The van der Waals surface area contributed by atoms with E-state index in [4.69, 9.17) is 0 Å². The Morgan fingerprint density at radius 2 is 1.77 bits per heavy atom. The minimum absolute atomic E-state index is 0.990. The summed E-state index contributed by atoms with van der Waals surface area (Å²) in [7, 11) is 0. The molecule has 0 aromatic heterocycles. The summed E-state index contributed by atoms with van der Waals surface area (Å²) in [5.74, 6) is 0. The standard InChI is InChI=1S/C10H15N.C2H6/c1-4-11-10-7-8(2)5-6-9(10)3;1-2/h5-7,11H,4H2,1-3H3;1-2H3. The molecule has 0 bridgehead atoms. The molecular formula is C12H21N. The van der Waals surface area contributed by atoms with E-state index in [1.165, 1.54) is 16.8 Å². The van der Waals surface area contributed by atoms with Gasteiger partial charge in [-0.25, -0.2) is 0 Å². The number of hydrogen-bond donors (Lipinski definition) is 1. The summed E-state index contributed by atoms with van der Waals surface area (Å²) in [6, 6.07) is 6.46. The second kappa shape index (κ2) is 6.53. The molecule has 0 saturated heterocycles. The van der Waals surface area contributed by atoms with Crippen LogP contribution in [0.25, 0.3) is 0 Å². The van der Waals surface area contributed by atoms with E-state index in [2.05, 4.69) is 44.3 Å². The quantitative estimate of drug-likeness (QED) is 0.729. The Labute approximate surface area is 82.2 Å². The third kappa shape index (κ3) is 3.97. The topological polar surface area (TPSA) is 12.0 Å². The van der Waals surface area contributed by atoms with Gasteiger partial charge in [-0.15, -0.1) is 0 Å². The molecule has 1 aromatic rings. The first-order chi connectivity index (χ1) is 6.24. The van der Waals surface area contributed by atoms with Crippen molar-refractivity contribution >= 4 is 5.69 Å². The highest BCUT2D eigenvalue weighted by atomic mass is 14.9. The maximum absolute atomic E-state index is 3.32. The van der Waals surface area contributed by atoms with Gasteiger partial charge in [0, 0.05) is 12.2 Å². The van der Waals surface area contributed by atoms with E-state index >= 15 is 0 Å². The molecule has 1 aromatic carbocycles. The summed E-state index contributed by atoms with van der Waals surface area (Å²) in [6.45, 7) is 11.3. The first-order valence-corrected chi connectivity index (χ1v) is 5.05. The first kappa shape index (κ1) is 12.0. The third-order valence-corrected chi connectivity index (χ3v) is 1.76. The van der Waals surface area contributed by atoms with Gasteiger partial charge < -0.3 is 5.32 Å². The highest BCUT2D eigenvalue weighted by Crippen LogP contribution is 2.15. The Bertz CT molecular complexity index is 241. The van der Waals surface area contributed by atoms with Crippen molar-refractivity contribution in [3.05, 3.63) is 29.3 Å². The van der Waals surface area contributed by atoms with Crippen LogP contribution in [0, 0.1) is 13.8 Å². The summed E-state index contributed by atoms with van der Waals surface area (Å²) in [5, 5.41) is 3.32. The fourth-order valence-electron chi connectivity index (χ4n) is 1.12. The van der Waals surface area contributed by atoms with Gasteiger partial charge in [0.15, 0.2) is 0 Å². The Morgan fingerprint density at radius 1 is 1.15 bits per heavy atom. The lowest BCUT2D eigenvalue weighted by atomic mass is 10.1. The summed E-state index contributed by atoms with van der Waals surface area (Å²) in [6.07, 6.45) is 0. The van der Waals surface area contributed by atoms with Gasteiger partial charge in [-0.1, -0.05) is 26.0 Å². The number of rotatable bonds is 2. The molecule has 0 fully saturated rings. The number of benzene rings is 1. The second-order valence-electron chi connectivity index (χ2n) is 2.85. The van der Waals surface area contributed by atoms with E-state index in [1.807, 2.05) is 13.8 Å². The molecule has 1 nitrogen and oxygen atoms in total. The van der Waals surface area contributed by atoms with E-state index < -0.39 is 0 Å². The normalized spacial score (nSPS) is 8.69. The van der Waals surface area contributed by atoms with Crippen molar-refractivity contribution in [3.8, 4) is 0 Å². The zero-order chi connectivity index (χ0) is 10.3. The molecule has 0 aliphatic rings. The summed E-state index contributed by atoms with van der Waals surface area (Å²) in [5.41, 5.74) is 3.89. The lowest BCUT2D eigenvalue weighted by Gasteiger charge is -2.07. The molecule has 13 heavy (non-hydrogen) atoms. The van der Waals surface area contributed by atoms with Crippen LogP contribution in [0.3, 0.4) is 0 Å². The van der Waals surface area contributed by atoms with Crippen LogP contribution >= 0.6 is 0 Å². The Kier molecular flexibility index (Phi) is 6.03. The van der Waals surface area contributed by atoms with Crippen molar-refractivity contribution in [2.24, 2.45) is 0 Å². The molecule has 0 heterocycles. The van der Waals surface area contributed by atoms with Crippen LogP contribution in [0.2, 0.25) is 0 Å².